The van der Waals surface area contributed by atoms with Gasteiger partial charge < -0.3 is 15.8 Å². The summed E-state index contributed by atoms with van der Waals surface area (Å²) in [6.07, 6.45) is 4.89. The maximum atomic E-state index is 5.53. The Morgan fingerprint density at radius 2 is 2.19 bits per heavy atom. The maximum absolute atomic E-state index is 5.53. The van der Waals surface area contributed by atoms with Gasteiger partial charge >= 0.3 is 0 Å². The summed E-state index contributed by atoms with van der Waals surface area (Å²) >= 11 is 0. The lowest BCUT2D eigenvalue weighted by molar-refractivity contribution is 0.131. The molecule has 5 nitrogen and oxygen atoms in total. The SMILES string of the molecule is CCCCOCCCNc1nccc(N)n1. The minimum absolute atomic E-state index is 0.483. The predicted molar refractivity (Wildman–Crippen MR) is 65.3 cm³/mol. The first-order valence-corrected chi connectivity index (χ1v) is 5.73. The van der Waals surface area contributed by atoms with Crippen LogP contribution in [0.3, 0.4) is 0 Å². The molecule has 1 heterocycles. The third-order valence-corrected chi connectivity index (χ3v) is 2.07. The number of rotatable bonds is 8. The van der Waals surface area contributed by atoms with E-state index in [0.29, 0.717) is 11.8 Å². The van der Waals surface area contributed by atoms with Crippen molar-refractivity contribution in [3.63, 3.8) is 0 Å². The van der Waals surface area contributed by atoms with Crippen LogP contribution in [-0.2, 0) is 4.74 Å². The first kappa shape index (κ1) is 12.7. The molecule has 0 aliphatic rings. The predicted octanol–water partition coefficient (Wildman–Crippen LogP) is 1.68. The molecule has 5 heteroatoms. The smallest absolute Gasteiger partial charge is 0.224 e. The highest BCUT2D eigenvalue weighted by Gasteiger charge is 1.95. The number of anilines is 2. The number of nitrogens with one attached hydrogen (secondary N) is 1. The van der Waals surface area contributed by atoms with E-state index in [9.17, 15) is 0 Å². The Morgan fingerprint density at radius 3 is 2.94 bits per heavy atom. The molecule has 0 bridgehead atoms. The summed E-state index contributed by atoms with van der Waals surface area (Å²) in [6.45, 7) is 4.58. The fourth-order valence-corrected chi connectivity index (χ4v) is 1.18. The minimum atomic E-state index is 0.483. The molecule has 1 aromatic rings. The maximum Gasteiger partial charge on any atom is 0.224 e. The first-order valence-electron chi connectivity index (χ1n) is 5.73. The van der Waals surface area contributed by atoms with Gasteiger partial charge in [-0.05, 0) is 18.9 Å². The van der Waals surface area contributed by atoms with E-state index in [1.807, 2.05) is 0 Å². The van der Waals surface area contributed by atoms with E-state index < -0.39 is 0 Å². The Bertz CT molecular complexity index is 293. The van der Waals surface area contributed by atoms with Gasteiger partial charge in [-0.15, -0.1) is 0 Å². The number of unbranched alkanes of at least 4 members (excludes halogenated alkanes) is 1. The van der Waals surface area contributed by atoms with Crippen LogP contribution in [0, 0.1) is 0 Å². The number of hydrogen-bond acceptors (Lipinski definition) is 5. The average Bonchev–Trinajstić information content (AvgIpc) is 2.28. The Labute approximate surface area is 96.4 Å². The summed E-state index contributed by atoms with van der Waals surface area (Å²) in [5.41, 5.74) is 5.53. The normalized spacial score (nSPS) is 10.3. The van der Waals surface area contributed by atoms with E-state index in [-0.39, 0.29) is 0 Å². The summed E-state index contributed by atoms with van der Waals surface area (Å²) in [7, 11) is 0. The zero-order valence-electron chi connectivity index (χ0n) is 9.78. The lowest BCUT2D eigenvalue weighted by Crippen LogP contribution is -2.09. The van der Waals surface area contributed by atoms with E-state index in [0.717, 1.165) is 32.6 Å². The highest BCUT2D eigenvalue weighted by molar-refractivity contribution is 5.34. The van der Waals surface area contributed by atoms with Gasteiger partial charge in [0, 0.05) is 26.0 Å². The fraction of sp³-hybridized carbons (Fsp3) is 0.636. The van der Waals surface area contributed by atoms with Crippen molar-refractivity contribution in [1.29, 1.82) is 0 Å². The molecule has 16 heavy (non-hydrogen) atoms. The second-order valence-electron chi connectivity index (χ2n) is 3.55. The average molecular weight is 224 g/mol. The van der Waals surface area contributed by atoms with Crippen molar-refractivity contribution >= 4 is 11.8 Å². The molecule has 0 unspecified atom stereocenters. The lowest BCUT2D eigenvalue weighted by Gasteiger charge is -2.05. The molecule has 0 saturated carbocycles. The van der Waals surface area contributed by atoms with Crippen LogP contribution >= 0.6 is 0 Å². The van der Waals surface area contributed by atoms with Crippen LogP contribution in [0.4, 0.5) is 11.8 Å². The van der Waals surface area contributed by atoms with E-state index >= 15 is 0 Å². The molecule has 0 atom stereocenters. The number of hydrogen-bond donors (Lipinski definition) is 2. The molecular formula is C11H20N4O. The van der Waals surface area contributed by atoms with Crippen molar-refractivity contribution in [3.05, 3.63) is 12.3 Å². The van der Waals surface area contributed by atoms with Gasteiger partial charge in [0.2, 0.25) is 5.95 Å². The van der Waals surface area contributed by atoms with Crippen LogP contribution in [-0.4, -0.2) is 29.7 Å². The van der Waals surface area contributed by atoms with Gasteiger partial charge in [0.15, 0.2) is 0 Å². The third-order valence-electron chi connectivity index (χ3n) is 2.07. The summed E-state index contributed by atoms with van der Waals surface area (Å²) in [6, 6.07) is 1.67. The molecule has 1 rings (SSSR count). The molecular weight excluding hydrogens is 204 g/mol. The van der Waals surface area contributed by atoms with E-state index in [4.69, 9.17) is 10.5 Å². The highest BCUT2D eigenvalue weighted by Crippen LogP contribution is 2.00. The molecule has 0 radical (unpaired) electrons. The quantitative estimate of drug-likeness (QED) is 0.657. The number of nitrogens with two attached hydrogens (primary N) is 1. The fourth-order valence-electron chi connectivity index (χ4n) is 1.18. The second kappa shape index (κ2) is 7.87. The van der Waals surface area contributed by atoms with E-state index in [1.54, 1.807) is 12.3 Å². The van der Waals surface area contributed by atoms with Crippen LogP contribution in [0.5, 0.6) is 0 Å². The number of nitrogen functional groups attached to an aromatic ring is 1. The zero-order chi connectivity index (χ0) is 11.6. The summed E-state index contributed by atoms with van der Waals surface area (Å²) in [5, 5.41) is 3.09. The van der Waals surface area contributed by atoms with Crippen LogP contribution in [0.15, 0.2) is 12.3 Å². The van der Waals surface area contributed by atoms with E-state index in [2.05, 4.69) is 22.2 Å². The first-order chi connectivity index (χ1) is 7.83. The van der Waals surface area contributed by atoms with Crippen molar-refractivity contribution in [3.8, 4) is 0 Å². The standard InChI is InChI=1S/C11H20N4O/c1-2-3-8-16-9-4-6-13-11-14-7-5-10(12)15-11/h5,7H,2-4,6,8-9H2,1H3,(H3,12,13,14,15). The van der Waals surface area contributed by atoms with Crippen molar-refractivity contribution in [2.75, 3.05) is 30.8 Å². The van der Waals surface area contributed by atoms with Crippen LogP contribution in [0.25, 0.3) is 0 Å². The molecule has 0 aromatic carbocycles. The monoisotopic (exact) mass is 224 g/mol. The number of aromatic nitrogens is 2. The summed E-state index contributed by atoms with van der Waals surface area (Å²) in [5.74, 6) is 1.06. The molecule has 0 aliphatic carbocycles. The van der Waals surface area contributed by atoms with Crippen molar-refractivity contribution < 1.29 is 4.74 Å². The highest BCUT2D eigenvalue weighted by atomic mass is 16.5. The van der Waals surface area contributed by atoms with Crippen LogP contribution < -0.4 is 11.1 Å². The van der Waals surface area contributed by atoms with Crippen molar-refractivity contribution in [2.45, 2.75) is 26.2 Å². The second-order valence-corrected chi connectivity index (χ2v) is 3.55. The molecule has 0 fully saturated rings. The zero-order valence-corrected chi connectivity index (χ0v) is 9.78. The van der Waals surface area contributed by atoms with Gasteiger partial charge in [0.25, 0.3) is 0 Å². The van der Waals surface area contributed by atoms with Gasteiger partial charge in [-0.3, -0.25) is 0 Å². The Kier molecular flexibility index (Phi) is 6.25. The van der Waals surface area contributed by atoms with Gasteiger partial charge in [0.1, 0.15) is 5.82 Å². The van der Waals surface area contributed by atoms with Gasteiger partial charge in [0.05, 0.1) is 0 Å². The number of ether oxygens (including phenoxy) is 1. The Balaban J connectivity index is 2.03. The molecule has 90 valence electrons. The molecule has 0 saturated heterocycles. The topological polar surface area (TPSA) is 73.1 Å². The van der Waals surface area contributed by atoms with Crippen LogP contribution in [0.2, 0.25) is 0 Å². The van der Waals surface area contributed by atoms with Crippen molar-refractivity contribution in [1.82, 2.24) is 9.97 Å². The molecule has 1 aromatic heterocycles. The lowest BCUT2D eigenvalue weighted by atomic mass is 10.4. The molecule has 0 amide bonds. The summed E-state index contributed by atoms with van der Waals surface area (Å²) < 4.78 is 5.43. The van der Waals surface area contributed by atoms with Crippen LogP contribution in [0.1, 0.15) is 26.2 Å². The van der Waals surface area contributed by atoms with E-state index in [1.165, 1.54) is 6.42 Å². The van der Waals surface area contributed by atoms with Gasteiger partial charge in [-0.2, -0.15) is 4.98 Å². The minimum Gasteiger partial charge on any atom is -0.384 e. The molecule has 0 spiro atoms. The molecule has 0 aliphatic heterocycles. The molecule has 3 N–H and O–H groups in total. The largest absolute Gasteiger partial charge is 0.384 e. The third kappa shape index (κ3) is 5.50. The Morgan fingerprint density at radius 1 is 1.38 bits per heavy atom. The van der Waals surface area contributed by atoms with Gasteiger partial charge in [-0.25, -0.2) is 4.98 Å². The summed E-state index contributed by atoms with van der Waals surface area (Å²) in [4.78, 5) is 8.08. The number of nitrogens with zero attached hydrogens (tertiary/aromatic N) is 2. The van der Waals surface area contributed by atoms with Gasteiger partial charge in [-0.1, -0.05) is 13.3 Å². The Hall–Kier alpha value is -1.36. The van der Waals surface area contributed by atoms with Crippen molar-refractivity contribution in [2.24, 2.45) is 0 Å².